The zero-order valence-corrected chi connectivity index (χ0v) is 7.48. The lowest BCUT2D eigenvalue weighted by molar-refractivity contribution is -0.138. The SMILES string of the molecule is CC(=O)ONc1ncccc1C(N)=O. The van der Waals surface area contributed by atoms with E-state index in [2.05, 4.69) is 15.3 Å². The van der Waals surface area contributed by atoms with E-state index in [-0.39, 0.29) is 11.4 Å². The first-order chi connectivity index (χ1) is 6.61. The van der Waals surface area contributed by atoms with Gasteiger partial charge in [-0.1, -0.05) is 0 Å². The third-order valence-corrected chi connectivity index (χ3v) is 1.36. The van der Waals surface area contributed by atoms with Gasteiger partial charge in [0, 0.05) is 13.1 Å². The van der Waals surface area contributed by atoms with E-state index >= 15 is 0 Å². The first-order valence-electron chi connectivity index (χ1n) is 3.79. The molecular formula is C8H9N3O3. The lowest BCUT2D eigenvalue weighted by atomic mass is 10.2. The maximum absolute atomic E-state index is 10.9. The van der Waals surface area contributed by atoms with Crippen LogP contribution in [0.3, 0.4) is 0 Å². The minimum atomic E-state index is -0.646. The van der Waals surface area contributed by atoms with Crippen molar-refractivity contribution in [1.82, 2.24) is 4.98 Å². The largest absolute Gasteiger partial charge is 0.365 e. The van der Waals surface area contributed by atoms with Gasteiger partial charge in [-0.3, -0.25) is 9.59 Å². The molecule has 74 valence electrons. The van der Waals surface area contributed by atoms with Gasteiger partial charge < -0.3 is 10.6 Å². The van der Waals surface area contributed by atoms with E-state index in [4.69, 9.17) is 5.73 Å². The Morgan fingerprint density at radius 3 is 2.86 bits per heavy atom. The van der Waals surface area contributed by atoms with Crippen LogP contribution in [0.2, 0.25) is 0 Å². The lowest BCUT2D eigenvalue weighted by Gasteiger charge is -2.06. The molecule has 0 aliphatic rings. The van der Waals surface area contributed by atoms with Crippen molar-refractivity contribution in [2.45, 2.75) is 6.92 Å². The zero-order chi connectivity index (χ0) is 10.6. The van der Waals surface area contributed by atoms with Crippen LogP contribution in [0.5, 0.6) is 0 Å². The summed E-state index contributed by atoms with van der Waals surface area (Å²) in [5.74, 6) is -1.06. The van der Waals surface area contributed by atoms with Crippen molar-refractivity contribution in [3.63, 3.8) is 0 Å². The van der Waals surface area contributed by atoms with E-state index in [0.717, 1.165) is 0 Å². The van der Waals surface area contributed by atoms with Gasteiger partial charge in [0.15, 0.2) is 5.82 Å². The van der Waals surface area contributed by atoms with Crippen molar-refractivity contribution >= 4 is 17.7 Å². The molecule has 0 aliphatic carbocycles. The molecule has 1 heterocycles. The monoisotopic (exact) mass is 195 g/mol. The third kappa shape index (κ3) is 2.44. The fourth-order valence-electron chi connectivity index (χ4n) is 0.806. The molecule has 6 heteroatoms. The molecule has 0 aliphatic heterocycles. The maximum Gasteiger partial charge on any atom is 0.329 e. The van der Waals surface area contributed by atoms with Crippen molar-refractivity contribution in [2.24, 2.45) is 5.73 Å². The molecule has 0 unspecified atom stereocenters. The number of rotatable bonds is 3. The second-order valence-electron chi connectivity index (χ2n) is 2.46. The van der Waals surface area contributed by atoms with Crippen molar-refractivity contribution in [1.29, 1.82) is 0 Å². The van der Waals surface area contributed by atoms with Crippen LogP contribution >= 0.6 is 0 Å². The van der Waals surface area contributed by atoms with Crippen molar-refractivity contribution in [2.75, 3.05) is 5.48 Å². The quantitative estimate of drug-likeness (QED) is 0.665. The van der Waals surface area contributed by atoms with Gasteiger partial charge >= 0.3 is 5.97 Å². The normalized spacial score (nSPS) is 9.21. The third-order valence-electron chi connectivity index (χ3n) is 1.36. The van der Waals surface area contributed by atoms with Crippen LogP contribution in [0, 0.1) is 0 Å². The summed E-state index contributed by atoms with van der Waals surface area (Å²) in [7, 11) is 0. The van der Waals surface area contributed by atoms with Gasteiger partial charge in [-0.2, -0.15) is 5.48 Å². The van der Waals surface area contributed by atoms with Gasteiger partial charge in [0.25, 0.3) is 5.91 Å². The van der Waals surface area contributed by atoms with Gasteiger partial charge in [0.1, 0.15) is 0 Å². The first kappa shape index (κ1) is 9.97. The van der Waals surface area contributed by atoms with E-state index < -0.39 is 11.9 Å². The number of aromatic nitrogens is 1. The van der Waals surface area contributed by atoms with Crippen LogP contribution in [0.15, 0.2) is 18.3 Å². The molecule has 3 N–H and O–H groups in total. The summed E-state index contributed by atoms with van der Waals surface area (Å²) in [4.78, 5) is 29.6. The van der Waals surface area contributed by atoms with Crippen LogP contribution in [0.1, 0.15) is 17.3 Å². The number of pyridine rings is 1. The Kier molecular flexibility index (Phi) is 3.01. The smallest absolute Gasteiger partial charge is 0.329 e. The van der Waals surface area contributed by atoms with Crippen molar-refractivity contribution < 1.29 is 14.4 Å². The number of hydrogen-bond donors (Lipinski definition) is 2. The number of primary amides is 1. The lowest BCUT2D eigenvalue weighted by Crippen LogP contribution is -2.16. The molecule has 1 amide bonds. The molecule has 0 fully saturated rings. The summed E-state index contributed by atoms with van der Waals surface area (Å²) in [6.07, 6.45) is 1.44. The van der Waals surface area contributed by atoms with Crippen LogP contribution < -0.4 is 11.2 Å². The van der Waals surface area contributed by atoms with Gasteiger partial charge in [-0.05, 0) is 12.1 Å². The Morgan fingerprint density at radius 1 is 1.57 bits per heavy atom. The van der Waals surface area contributed by atoms with Crippen LogP contribution in [0.25, 0.3) is 0 Å². The number of amides is 1. The molecule has 1 aromatic rings. The number of anilines is 1. The van der Waals surface area contributed by atoms with Gasteiger partial charge in [-0.25, -0.2) is 4.98 Å². The van der Waals surface area contributed by atoms with Crippen LogP contribution in [0.4, 0.5) is 5.82 Å². The summed E-state index contributed by atoms with van der Waals surface area (Å²) in [6, 6.07) is 3.03. The number of carbonyl (C=O) groups excluding carboxylic acids is 2. The average Bonchev–Trinajstić information content (AvgIpc) is 2.15. The Morgan fingerprint density at radius 2 is 2.29 bits per heavy atom. The molecule has 0 bridgehead atoms. The molecular weight excluding hydrogens is 186 g/mol. The summed E-state index contributed by atoms with van der Waals surface area (Å²) in [5, 5.41) is 0. The van der Waals surface area contributed by atoms with E-state index in [0.29, 0.717) is 0 Å². The van der Waals surface area contributed by atoms with E-state index in [1.165, 1.54) is 19.2 Å². The second kappa shape index (κ2) is 4.22. The minimum Gasteiger partial charge on any atom is -0.365 e. The molecule has 0 radical (unpaired) electrons. The highest BCUT2D eigenvalue weighted by Crippen LogP contribution is 2.09. The maximum atomic E-state index is 10.9. The number of hydrogen-bond acceptors (Lipinski definition) is 5. The van der Waals surface area contributed by atoms with Gasteiger partial charge in [0.2, 0.25) is 0 Å². The van der Waals surface area contributed by atoms with E-state index in [1.807, 2.05) is 0 Å². The molecule has 1 rings (SSSR count). The first-order valence-corrected chi connectivity index (χ1v) is 3.79. The number of nitrogens with zero attached hydrogens (tertiary/aromatic N) is 1. The van der Waals surface area contributed by atoms with Crippen LogP contribution in [-0.4, -0.2) is 16.9 Å². The number of nitrogens with two attached hydrogens (primary N) is 1. The van der Waals surface area contributed by atoms with Crippen LogP contribution in [-0.2, 0) is 9.63 Å². The Hall–Kier alpha value is -2.11. The molecule has 14 heavy (non-hydrogen) atoms. The fraction of sp³-hybridized carbons (Fsp3) is 0.125. The highest BCUT2D eigenvalue weighted by Gasteiger charge is 2.08. The summed E-state index contributed by atoms with van der Waals surface area (Å²) in [6.45, 7) is 1.22. The number of nitrogens with one attached hydrogen (secondary N) is 1. The Bertz CT molecular complexity index is 365. The fourth-order valence-corrected chi connectivity index (χ4v) is 0.806. The minimum absolute atomic E-state index is 0.121. The average molecular weight is 195 g/mol. The topological polar surface area (TPSA) is 94.3 Å². The van der Waals surface area contributed by atoms with Gasteiger partial charge in [0.05, 0.1) is 5.56 Å². The molecule has 1 aromatic heterocycles. The zero-order valence-electron chi connectivity index (χ0n) is 7.48. The summed E-state index contributed by atoms with van der Waals surface area (Å²) in [5.41, 5.74) is 7.45. The molecule has 6 nitrogen and oxygen atoms in total. The highest BCUT2D eigenvalue weighted by atomic mass is 16.7. The van der Waals surface area contributed by atoms with Crippen molar-refractivity contribution in [3.05, 3.63) is 23.9 Å². The summed E-state index contributed by atoms with van der Waals surface area (Å²) >= 11 is 0. The number of carbonyl (C=O) groups is 2. The second-order valence-corrected chi connectivity index (χ2v) is 2.46. The van der Waals surface area contributed by atoms with E-state index in [1.54, 1.807) is 6.07 Å². The molecule has 0 aromatic carbocycles. The van der Waals surface area contributed by atoms with E-state index in [9.17, 15) is 9.59 Å². The predicted octanol–water partition coefficient (Wildman–Crippen LogP) is 0.0705. The Balaban J connectivity index is 2.84. The molecule has 0 saturated heterocycles. The molecule has 0 spiro atoms. The van der Waals surface area contributed by atoms with Gasteiger partial charge in [-0.15, -0.1) is 0 Å². The molecule has 0 atom stereocenters. The Labute approximate surface area is 80.0 Å². The molecule has 0 saturated carbocycles. The van der Waals surface area contributed by atoms with Crippen molar-refractivity contribution in [3.8, 4) is 0 Å². The highest BCUT2D eigenvalue weighted by molar-refractivity contribution is 5.97. The predicted molar refractivity (Wildman–Crippen MR) is 48.1 cm³/mol. The summed E-state index contributed by atoms with van der Waals surface area (Å²) < 4.78 is 0. The standard InChI is InChI=1S/C8H9N3O3/c1-5(12)14-11-8-6(7(9)13)3-2-4-10-8/h2-4H,1H3,(H2,9,13)(H,10,11).